The fraction of sp³-hybridized carbons (Fsp3) is 0.444. The van der Waals surface area contributed by atoms with Crippen molar-refractivity contribution in [2.75, 3.05) is 20.1 Å². The van der Waals surface area contributed by atoms with Crippen molar-refractivity contribution in [3.8, 4) is 10.6 Å². The average Bonchev–Trinajstić information content (AvgIpc) is 3.16. The number of rotatable bonds is 5. The second-order valence-electron chi connectivity index (χ2n) is 6.38. The molecule has 0 bridgehead atoms. The first kappa shape index (κ1) is 18.3. The number of carbonyl (C=O) groups excluding carboxylic acids is 1. The van der Waals surface area contributed by atoms with E-state index in [1.165, 1.54) is 36.3 Å². The molecule has 1 aliphatic heterocycles. The molecule has 2 heterocycles. The number of hydrogen-bond acceptors (Lipinski definition) is 4. The molecule has 7 heteroatoms. The highest BCUT2D eigenvalue weighted by molar-refractivity contribution is 7.17. The summed E-state index contributed by atoms with van der Waals surface area (Å²) in [7, 11) is 2.13. The number of carbonyl (C=O) groups is 1. The zero-order chi connectivity index (χ0) is 18.0. The summed E-state index contributed by atoms with van der Waals surface area (Å²) in [5.74, 6) is -0.566. The van der Waals surface area contributed by atoms with Gasteiger partial charge in [0.05, 0.1) is 10.7 Å². The van der Waals surface area contributed by atoms with E-state index in [2.05, 4.69) is 22.2 Å². The van der Waals surface area contributed by atoms with Crippen molar-refractivity contribution in [2.45, 2.75) is 32.2 Å². The van der Waals surface area contributed by atoms with Crippen LogP contribution >= 0.6 is 22.9 Å². The van der Waals surface area contributed by atoms with Crippen LogP contribution in [-0.2, 0) is 0 Å². The van der Waals surface area contributed by atoms with Gasteiger partial charge in [0, 0.05) is 18.2 Å². The number of likely N-dealkylation sites (tertiary alicyclic amines) is 1. The maximum Gasteiger partial charge on any atom is 0.263 e. The van der Waals surface area contributed by atoms with Crippen LogP contribution in [0.3, 0.4) is 0 Å². The summed E-state index contributed by atoms with van der Waals surface area (Å²) in [4.78, 5) is 19.8. The third-order valence-corrected chi connectivity index (χ3v) is 6.10. The highest BCUT2D eigenvalue weighted by Crippen LogP contribution is 2.30. The molecule has 0 radical (unpaired) electrons. The van der Waals surface area contributed by atoms with Gasteiger partial charge >= 0.3 is 0 Å². The van der Waals surface area contributed by atoms with Gasteiger partial charge in [-0.25, -0.2) is 9.37 Å². The van der Waals surface area contributed by atoms with Crippen molar-refractivity contribution >= 4 is 28.8 Å². The van der Waals surface area contributed by atoms with Crippen LogP contribution in [0, 0.1) is 12.7 Å². The molecular formula is C18H21ClFN3OS. The van der Waals surface area contributed by atoms with E-state index >= 15 is 0 Å². The van der Waals surface area contributed by atoms with Crippen molar-refractivity contribution < 1.29 is 9.18 Å². The highest BCUT2D eigenvalue weighted by atomic mass is 35.5. The topological polar surface area (TPSA) is 45.2 Å². The normalized spacial score (nSPS) is 17.8. The quantitative estimate of drug-likeness (QED) is 0.847. The first-order chi connectivity index (χ1) is 12.0. The largest absolute Gasteiger partial charge is 0.351 e. The summed E-state index contributed by atoms with van der Waals surface area (Å²) in [6.45, 7) is 3.60. The lowest BCUT2D eigenvalue weighted by molar-refractivity contribution is 0.0953. The summed E-state index contributed by atoms with van der Waals surface area (Å²) in [5.41, 5.74) is 1.39. The molecule has 134 valence electrons. The maximum absolute atomic E-state index is 13.3. The van der Waals surface area contributed by atoms with Crippen LogP contribution in [0.25, 0.3) is 10.6 Å². The second-order valence-corrected chi connectivity index (χ2v) is 7.79. The molecule has 2 aromatic rings. The number of benzene rings is 1. The van der Waals surface area contributed by atoms with Gasteiger partial charge in [0.2, 0.25) is 0 Å². The summed E-state index contributed by atoms with van der Waals surface area (Å²) in [6.07, 6.45) is 3.38. The van der Waals surface area contributed by atoms with Crippen LogP contribution in [0.2, 0.25) is 5.02 Å². The molecule has 1 aromatic heterocycles. The molecule has 0 spiro atoms. The van der Waals surface area contributed by atoms with E-state index in [0.29, 0.717) is 33.7 Å². The summed E-state index contributed by atoms with van der Waals surface area (Å²) >= 11 is 7.14. The van der Waals surface area contributed by atoms with E-state index < -0.39 is 5.82 Å². The first-order valence-corrected chi connectivity index (χ1v) is 9.56. The predicted octanol–water partition coefficient (Wildman–Crippen LogP) is 4.13. The predicted molar refractivity (Wildman–Crippen MR) is 99.9 cm³/mol. The summed E-state index contributed by atoms with van der Waals surface area (Å²) in [6, 6.07) is 5.02. The lowest BCUT2D eigenvalue weighted by Crippen LogP contribution is -2.31. The van der Waals surface area contributed by atoms with E-state index in [1.54, 1.807) is 6.07 Å². The molecule has 0 aliphatic carbocycles. The molecule has 25 heavy (non-hydrogen) atoms. The van der Waals surface area contributed by atoms with Crippen molar-refractivity contribution in [1.82, 2.24) is 15.2 Å². The maximum atomic E-state index is 13.3. The minimum atomic E-state index is -0.464. The molecule has 1 atom stereocenters. The molecule has 1 aliphatic rings. The Kier molecular flexibility index (Phi) is 5.71. The molecule has 4 nitrogen and oxygen atoms in total. The Labute approximate surface area is 156 Å². The van der Waals surface area contributed by atoms with Crippen LogP contribution in [0.15, 0.2) is 18.2 Å². The van der Waals surface area contributed by atoms with Crippen molar-refractivity contribution in [2.24, 2.45) is 0 Å². The molecular weight excluding hydrogens is 361 g/mol. The number of amides is 1. The molecule has 3 rings (SSSR count). The Morgan fingerprint density at radius 2 is 2.32 bits per heavy atom. The Bertz CT molecular complexity index is 780. The third-order valence-electron chi connectivity index (χ3n) is 4.60. The van der Waals surface area contributed by atoms with Gasteiger partial charge in [-0.1, -0.05) is 11.6 Å². The monoisotopic (exact) mass is 381 g/mol. The fourth-order valence-electron chi connectivity index (χ4n) is 3.14. The molecule has 1 saturated heterocycles. The standard InChI is InChI=1S/C18H21ClFN3OS/c1-11-16(17(24)21-8-7-13-4-3-9-23(13)2)25-18(22-11)12-5-6-15(20)14(19)10-12/h5-6,10,13H,3-4,7-9H2,1-2H3,(H,21,24). The summed E-state index contributed by atoms with van der Waals surface area (Å²) < 4.78 is 13.3. The lowest BCUT2D eigenvalue weighted by atomic mass is 10.1. The Balaban J connectivity index is 1.65. The molecule has 1 unspecified atom stereocenters. The number of hydrogen-bond donors (Lipinski definition) is 1. The van der Waals surface area contributed by atoms with Gasteiger partial charge < -0.3 is 10.2 Å². The highest BCUT2D eigenvalue weighted by Gasteiger charge is 2.21. The molecule has 1 fully saturated rings. The van der Waals surface area contributed by atoms with Crippen LogP contribution in [0.5, 0.6) is 0 Å². The van der Waals surface area contributed by atoms with Crippen molar-refractivity contribution in [3.05, 3.63) is 39.6 Å². The Morgan fingerprint density at radius 3 is 3.00 bits per heavy atom. The summed E-state index contributed by atoms with van der Waals surface area (Å²) in [5, 5.41) is 3.71. The van der Waals surface area contributed by atoms with Gasteiger partial charge in [0.1, 0.15) is 15.7 Å². The van der Waals surface area contributed by atoms with E-state index in [4.69, 9.17) is 11.6 Å². The molecule has 1 N–H and O–H groups in total. The number of nitrogens with zero attached hydrogens (tertiary/aromatic N) is 2. The van der Waals surface area contributed by atoms with Gasteiger partial charge in [-0.15, -0.1) is 11.3 Å². The minimum absolute atomic E-state index is 0.0528. The number of aryl methyl sites for hydroxylation is 1. The number of nitrogens with one attached hydrogen (secondary N) is 1. The van der Waals surface area contributed by atoms with Crippen molar-refractivity contribution in [3.63, 3.8) is 0 Å². The SMILES string of the molecule is Cc1nc(-c2ccc(F)c(Cl)c2)sc1C(=O)NCCC1CCCN1C. The van der Waals surface area contributed by atoms with E-state index in [0.717, 1.165) is 13.0 Å². The van der Waals surface area contributed by atoms with Crippen LogP contribution in [-0.4, -0.2) is 42.0 Å². The van der Waals surface area contributed by atoms with Crippen LogP contribution < -0.4 is 5.32 Å². The van der Waals surface area contributed by atoms with E-state index in [9.17, 15) is 9.18 Å². The van der Waals surface area contributed by atoms with Gasteiger partial charge in [-0.05, 0) is 58.0 Å². The van der Waals surface area contributed by atoms with Crippen LogP contribution in [0.1, 0.15) is 34.6 Å². The smallest absolute Gasteiger partial charge is 0.263 e. The van der Waals surface area contributed by atoms with Gasteiger partial charge in [0.15, 0.2) is 0 Å². The van der Waals surface area contributed by atoms with E-state index in [-0.39, 0.29) is 10.9 Å². The first-order valence-electron chi connectivity index (χ1n) is 8.37. The Morgan fingerprint density at radius 1 is 1.52 bits per heavy atom. The Hall–Kier alpha value is -1.50. The molecule has 1 amide bonds. The average molecular weight is 382 g/mol. The second kappa shape index (κ2) is 7.81. The lowest BCUT2D eigenvalue weighted by Gasteiger charge is -2.19. The number of aromatic nitrogens is 1. The number of halogens is 2. The third kappa shape index (κ3) is 4.19. The minimum Gasteiger partial charge on any atom is -0.351 e. The van der Waals surface area contributed by atoms with Gasteiger partial charge in [-0.3, -0.25) is 4.79 Å². The fourth-order valence-corrected chi connectivity index (χ4v) is 4.30. The van der Waals surface area contributed by atoms with Crippen LogP contribution in [0.4, 0.5) is 4.39 Å². The zero-order valence-electron chi connectivity index (χ0n) is 14.3. The van der Waals surface area contributed by atoms with Gasteiger partial charge in [-0.2, -0.15) is 0 Å². The van der Waals surface area contributed by atoms with E-state index in [1.807, 2.05) is 6.92 Å². The molecule has 1 aromatic carbocycles. The zero-order valence-corrected chi connectivity index (χ0v) is 15.9. The van der Waals surface area contributed by atoms with Crippen molar-refractivity contribution in [1.29, 1.82) is 0 Å². The molecule has 0 saturated carbocycles. The number of thiazole rings is 1. The van der Waals surface area contributed by atoms with Gasteiger partial charge in [0.25, 0.3) is 5.91 Å².